The van der Waals surface area contributed by atoms with Gasteiger partial charge in [0.15, 0.2) is 0 Å². The first-order valence-corrected chi connectivity index (χ1v) is 7.48. The van der Waals surface area contributed by atoms with E-state index in [1.807, 2.05) is 18.7 Å². The van der Waals surface area contributed by atoms with Crippen LogP contribution in [0.15, 0.2) is 18.2 Å². The van der Waals surface area contributed by atoms with E-state index in [9.17, 15) is 0 Å². The average molecular weight is 292 g/mol. The van der Waals surface area contributed by atoms with Gasteiger partial charge in [0, 0.05) is 12.7 Å². The van der Waals surface area contributed by atoms with Crippen LogP contribution in [0.25, 0.3) is 0 Å². The highest BCUT2D eigenvalue weighted by molar-refractivity contribution is 6.31. The van der Waals surface area contributed by atoms with Gasteiger partial charge in [-0.3, -0.25) is 4.68 Å². The summed E-state index contributed by atoms with van der Waals surface area (Å²) >= 11 is 6.30. The average Bonchev–Trinajstić information content (AvgIpc) is 2.69. The van der Waals surface area contributed by atoms with Crippen LogP contribution < -0.4 is 5.32 Å². The summed E-state index contributed by atoms with van der Waals surface area (Å²) < 4.78 is 1.85. The first kappa shape index (κ1) is 14.9. The van der Waals surface area contributed by atoms with Gasteiger partial charge >= 0.3 is 0 Å². The van der Waals surface area contributed by atoms with Gasteiger partial charge < -0.3 is 5.32 Å². The lowest BCUT2D eigenvalue weighted by Gasteiger charge is -2.15. The van der Waals surface area contributed by atoms with Crippen LogP contribution in [0.4, 0.5) is 5.69 Å². The Morgan fingerprint density at radius 3 is 2.25 bits per heavy atom. The van der Waals surface area contributed by atoms with Crippen LogP contribution in [0.2, 0.25) is 5.02 Å². The molecule has 2 rings (SSSR count). The van der Waals surface area contributed by atoms with Gasteiger partial charge in [-0.1, -0.05) is 43.6 Å². The van der Waals surface area contributed by atoms with Gasteiger partial charge in [0.25, 0.3) is 0 Å². The summed E-state index contributed by atoms with van der Waals surface area (Å²) in [4.78, 5) is 0. The number of nitrogens with zero attached hydrogens (tertiary/aromatic N) is 2. The van der Waals surface area contributed by atoms with E-state index in [4.69, 9.17) is 11.6 Å². The van der Waals surface area contributed by atoms with Gasteiger partial charge in [0.1, 0.15) is 0 Å². The molecule has 2 aromatic rings. The lowest BCUT2D eigenvalue weighted by molar-refractivity contribution is 0.713. The first-order valence-electron chi connectivity index (χ1n) is 7.11. The van der Waals surface area contributed by atoms with Gasteiger partial charge in [0.05, 0.1) is 23.0 Å². The molecule has 108 valence electrons. The highest BCUT2D eigenvalue weighted by Crippen LogP contribution is 2.25. The highest BCUT2D eigenvalue weighted by atomic mass is 35.5. The quantitative estimate of drug-likeness (QED) is 0.898. The Labute approximate surface area is 126 Å². The topological polar surface area (TPSA) is 29.9 Å². The van der Waals surface area contributed by atoms with E-state index in [1.165, 1.54) is 16.8 Å². The molecular formula is C16H22ClN3. The molecule has 0 saturated carbocycles. The SMILES string of the molecule is CCc1cccc(CC)c1NCc1c(Cl)c(C)nn1C. The number of halogens is 1. The number of aromatic nitrogens is 2. The molecule has 1 heterocycles. The largest absolute Gasteiger partial charge is 0.379 e. The maximum atomic E-state index is 6.30. The molecule has 0 saturated heterocycles. The minimum Gasteiger partial charge on any atom is -0.379 e. The molecule has 0 fully saturated rings. The second kappa shape index (κ2) is 6.31. The van der Waals surface area contributed by atoms with Gasteiger partial charge in [-0.05, 0) is 30.9 Å². The molecule has 20 heavy (non-hydrogen) atoms. The van der Waals surface area contributed by atoms with Gasteiger partial charge in [0.2, 0.25) is 0 Å². The molecule has 1 aromatic carbocycles. The molecule has 0 unspecified atom stereocenters. The van der Waals surface area contributed by atoms with Crippen LogP contribution >= 0.6 is 11.6 Å². The Bertz CT molecular complexity index is 580. The fourth-order valence-electron chi connectivity index (χ4n) is 2.51. The lowest BCUT2D eigenvalue weighted by atomic mass is 10.0. The number of para-hydroxylation sites is 1. The molecule has 0 bridgehead atoms. The van der Waals surface area contributed by atoms with Crippen LogP contribution in [0.5, 0.6) is 0 Å². The Morgan fingerprint density at radius 2 is 1.80 bits per heavy atom. The van der Waals surface area contributed by atoms with Crippen molar-refractivity contribution in [2.45, 2.75) is 40.2 Å². The zero-order chi connectivity index (χ0) is 14.7. The molecule has 3 nitrogen and oxygen atoms in total. The van der Waals surface area contributed by atoms with Crippen molar-refractivity contribution in [3.8, 4) is 0 Å². The summed E-state index contributed by atoms with van der Waals surface area (Å²) in [5.74, 6) is 0. The molecule has 0 atom stereocenters. The minimum atomic E-state index is 0.695. The smallest absolute Gasteiger partial charge is 0.0865 e. The molecule has 1 aromatic heterocycles. The number of hydrogen-bond acceptors (Lipinski definition) is 2. The summed E-state index contributed by atoms with van der Waals surface area (Å²) in [5.41, 5.74) is 5.84. The van der Waals surface area contributed by atoms with Gasteiger partial charge in [-0.2, -0.15) is 5.10 Å². The van der Waals surface area contributed by atoms with E-state index in [0.717, 1.165) is 29.3 Å². The predicted octanol–water partition coefficient (Wildman–Crippen LogP) is 4.12. The van der Waals surface area contributed by atoms with Crippen LogP contribution in [0, 0.1) is 6.92 Å². The molecule has 0 aliphatic rings. The van der Waals surface area contributed by atoms with Crippen molar-refractivity contribution in [1.82, 2.24) is 9.78 Å². The van der Waals surface area contributed by atoms with E-state index in [0.29, 0.717) is 6.54 Å². The molecule has 0 amide bonds. The Balaban J connectivity index is 2.26. The van der Waals surface area contributed by atoms with Crippen LogP contribution in [0.3, 0.4) is 0 Å². The van der Waals surface area contributed by atoms with Gasteiger partial charge in [-0.15, -0.1) is 0 Å². The van der Waals surface area contributed by atoms with Crippen LogP contribution in [0.1, 0.15) is 36.4 Å². The zero-order valence-electron chi connectivity index (χ0n) is 12.6. The highest BCUT2D eigenvalue weighted by Gasteiger charge is 2.12. The third-order valence-corrected chi connectivity index (χ3v) is 4.18. The summed E-state index contributed by atoms with van der Waals surface area (Å²) in [6.07, 6.45) is 2.04. The van der Waals surface area contributed by atoms with E-state index >= 15 is 0 Å². The zero-order valence-corrected chi connectivity index (χ0v) is 13.4. The van der Waals surface area contributed by atoms with E-state index in [1.54, 1.807) is 0 Å². The molecular weight excluding hydrogens is 270 g/mol. The number of rotatable bonds is 5. The number of aryl methyl sites for hydroxylation is 4. The number of anilines is 1. The summed E-state index contributed by atoms with van der Waals surface area (Å²) in [5, 5.41) is 8.66. The predicted molar refractivity (Wildman–Crippen MR) is 85.5 cm³/mol. The Kier molecular flexibility index (Phi) is 4.71. The van der Waals surface area contributed by atoms with Gasteiger partial charge in [-0.25, -0.2) is 0 Å². The number of nitrogens with one attached hydrogen (secondary N) is 1. The standard InChI is InChI=1S/C16H22ClN3/c1-5-12-8-7-9-13(6-2)16(12)18-10-14-15(17)11(3)19-20(14)4/h7-9,18H,5-6,10H2,1-4H3. The van der Waals surface area contributed by atoms with Crippen LogP contribution in [-0.4, -0.2) is 9.78 Å². The Hall–Kier alpha value is -1.48. The van der Waals surface area contributed by atoms with Crippen molar-refractivity contribution in [2.24, 2.45) is 7.05 Å². The second-order valence-corrected chi connectivity index (χ2v) is 5.36. The van der Waals surface area contributed by atoms with E-state index < -0.39 is 0 Å². The molecule has 0 radical (unpaired) electrons. The monoisotopic (exact) mass is 291 g/mol. The van der Waals surface area contributed by atoms with Crippen LogP contribution in [-0.2, 0) is 26.4 Å². The third kappa shape index (κ3) is 2.83. The maximum Gasteiger partial charge on any atom is 0.0865 e. The lowest BCUT2D eigenvalue weighted by Crippen LogP contribution is -2.09. The van der Waals surface area contributed by atoms with Crippen molar-refractivity contribution in [2.75, 3.05) is 5.32 Å². The third-order valence-electron chi connectivity index (χ3n) is 3.69. The fraction of sp³-hybridized carbons (Fsp3) is 0.438. The maximum absolute atomic E-state index is 6.30. The number of hydrogen-bond donors (Lipinski definition) is 1. The van der Waals surface area contributed by atoms with Crippen molar-refractivity contribution >= 4 is 17.3 Å². The minimum absolute atomic E-state index is 0.695. The number of benzene rings is 1. The van der Waals surface area contributed by atoms with Crippen molar-refractivity contribution in [1.29, 1.82) is 0 Å². The summed E-state index contributed by atoms with van der Waals surface area (Å²) in [6.45, 7) is 6.99. The molecule has 4 heteroatoms. The Morgan fingerprint density at radius 1 is 1.20 bits per heavy atom. The summed E-state index contributed by atoms with van der Waals surface area (Å²) in [6, 6.07) is 6.49. The molecule has 0 aliphatic carbocycles. The summed E-state index contributed by atoms with van der Waals surface area (Å²) in [7, 11) is 1.93. The molecule has 0 aliphatic heterocycles. The molecule has 1 N–H and O–H groups in total. The van der Waals surface area contributed by atoms with Crippen molar-refractivity contribution in [3.63, 3.8) is 0 Å². The normalized spacial score (nSPS) is 10.8. The molecule has 0 spiro atoms. The fourth-order valence-corrected chi connectivity index (χ4v) is 2.74. The van der Waals surface area contributed by atoms with Crippen molar-refractivity contribution in [3.05, 3.63) is 45.7 Å². The van der Waals surface area contributed by atoms with E-state index in [-0.39, 0.29) is 0 Å². The second-order valence-electron chi connectivity index (χ2n) is 4.98. The van der Waals surface area contributed by atoms with Crippen molar-refractivity contribution < 1.29 is 0 Å². The van der Waals surface area contributed by atoms with E-state index in [2.05, 4.69) is 42.5 Å². The first-order chi connectivity index (χ1) is 9.58.